The molecule has 0 aliphatic heterocycles. The van der Waals surface area contributed by atoms with Crippen LogP contribution in [0.25, 0.3) is 0 Å². The minimum absolute atomic E-state index is 0.00937. The molecule has 3 nitrogen and oxygen atoms in total. The summed E-state index contributed by atoms with van der Waals surface area (Å²) in [6.07, 6.45) is 4.32. The molecule has 0 saturated carbocycles. The maximum Gasteiger partial charge on any atom is 0.137 e. The van der Waals surface area contributed by atoms with Crippen LogP contribution in [0.3, 0.4) is 0 Å². The van der Waals surface area contributed by atoms with Gasteiger partial charge in [-0.3, -0.25) is 4.98 Å². The lowest BCUT2D eigenvalue weighted by Crippen LogP contribution is -2.13. The molecule has 0 bridgehead atoms. The van der Waals surface area contributed by atoms with E-state index in [1.54, 1.807) is 6.20 Å². The van der Waals surface area contributed by atoms with Gasteiger partial charge in [-0.2, -0.15) is 0 Å². The molecule has 2 N–H and O–H groups in total. The summed E-state index contributed by atoms with van der Waals surface area (Å²) in [7, 11) is 0. The Balaban J connectivity index is 2.07. The van der Waals surface area contributed by atoms with E-state index in [4.69, 9.17) is 10.5 Å². The summed E-state index contributed by atoms with van der Waals surface area (Å²) in [5, 5.41) is 0. The first-order valence-electron chi connectivity index (χ1n) is 6.17. The van der Waals surface area contributed by atoms with Crippen LogP contribution in [-0.2, 0) is 6.42 Å². The van der Waals surface area contributed by atoms with Crippen LogP contribution >= 0.6 is 0 Å². The van der Waals surface area contributed by atoms with Crippen LogP contribution in [0.5, 0.6) is 5.75 Å². The summed E-state index contributed by atoms with van der Waals surface area (Å²) in [5.41, 5.74) is 8.42. The molecule has 1 heterocycles. The predicted octanol–water partition coefficient (Wildman–Crippen LogP) is 2.72. The Hall–Kier alpha value is -1.87. The Kier molecular flexibility index (Phi) is 4.31. The largest absolute Gasteiger partial charge is 0.492 e. The van der Waals surface area contributed by atoms with E-state index < -0.39 is 0 Å². The maximum absolute atomic E-state index is 6.18. The fourth-order valence-electron chi connectivity index (χ4n) is 1.89. The minimum Gasteiger partial charge on any atom is -0.492 e. The molecule has 2 aromatic rings. The highest BCUT2D eigenvalue weighted by Gasteiger charge is 2.07. The van der Waals surface area contributed by atoms with Crippen LogP contribution in [-0.4, -0.2) is 11.6 Å². The first-order valence-corrected chi connectivity index (χ1v) is 6.17. The SMILES string of the molecule is CCOc1cncc(CC(N)c2ccccc2)c1. The molecule has 1 aromatic carbocycles. The Morgan fingerprint density at radius 1 is 1.22 bits per heavy atom. The summed E-state index contributed by atoms with van der Waals surface area (Å²) in [5.74, 6) is 0.801. The van der Waals surface area contributed by atoms with Crippen molar-refractivity contribution in [3.63, 3.8) is 0 Å². The topological polar surface area (TPSA) is 48.1 Å². The second kappa shape index (κ2) is 6.17. The van der Waals surface area contributed by atoms with Gasteiger partial charge in [-0.15, -0.1) is 0 Å². The lowest BCUT2D eigenvalue weighted by molar-refractivity contribution is 0.338. The molecule has 1 atom stereocenters. The standard InChI is InChI=1S/C15H18N2O/c1-2-18-14-8-12(10-17-11-14)9-15(16)13-6-4-3-5-7-13/h3-8,10-11,15H,2,9,16H2,1H3. The second-order valence-electron chi connectivity index (χ2n) is 4.18. The van der Waals surface area contributed by atoms with E-state index in [1.165, 1.54) is 0 Å². The summed E-state index contributed by atoms with van der Waals surface area (Å²) < 4.78 is 5.43. The maximum atomic E-state index is 6.18. The number of ether oxygens (including phenoxy) is 1. The number of pyridine rings is 1. The smallest absolute Gasteiger partial charge is 0.137 e. The van der Waals surface area contributed by atoms with Gasteiger partial charge in [0.2, 0.25) is 0 Å². The number of benzene rings is 1. The zero-order valence-corrected chi connectivity index (χ0v) is 10.5. The average Bonchev–Trinajstić information content (AvgIpc) is 2.40. The minimum atomic E-state index is -0.00937. The first-order chi connectivity index (χ1) is 8.79. The van der Waals surface area contributed by atoms with Gasteiger partial charge in [0.15, 0.2) is 0 Å². The molecule has 0 aliphatic rings. The van der Waals surface area contributed by atoms with E-state index in [2.05, 4.69) is 4.98 Å². The molecule has 0 fully saturated rings. The fourth-order valence-corrected chi connectivity index (χ4v) is 1.89. The molecular formula is C15H18N2O. The van der Waals surface area contributed by atoms with Crippen molar-refractivity contribution in [1.82, 2.24) is 4.98 Å². The molecule has 0 saturated heterocycles. The van der Waals surface area contributed by atoms with Crippen molar-refractivity contribution in [3.8, 4) is 5.75 Å². The van der Waals surface area contributed by atoms with Gasteiger partial charge in [-0.05, 0) is 30.5 Å². The second-order valence-corrected chi connectivity index (χ2v) is 4.18. The Morgan fingerprint density at radius 3 is 2.72 bits per heavy atom. The number of hydrogen-bond acceptors (Lipinski definition) is 3. The monoisotopic (exact) mass is 242 g/mol. The van der Waals surface area contributed by atoms with Gasteiger partial charge in [0.05, 0.1) is 12.8 Å². The number of aromatic nitrogens is 1. The highest BCUT2D eigenvalue weighted by molar-refractivity contribution is 5.26. The summed E-state index contributed by atoms with van der Waals surface area (Å²) in [4.78, 5) is 4.17. The molecule has 0 aliphatic carbocycles. The van der Waals surface area contributed by atoms with Crippen LogP contribution in [0.15, 0.2) is 48.8 Å². The van der Waals surface area contributed by atoms with Gasteiger partial charge in [-0.1, -0.05) is 30.3 Å². The molecule has 0 radical (unpaired) electrons. The van der Waals surface area contributed by atoms with Crippen LogP contribution in [0.2, 0.25) is 0 Å². The number of hydrogen-bond donors (Lipinski definition) is 1. The molecule has 0 amide bonds. The van der Waals surface area contributed by atoms with E-state index in [9.17, 15) is 0 Å². The Bertz CT molecular complexity index is 485. The molecular weight excluding hydrogens is 224 g/mol. The van der Waals surface area contributed by atoms with E-state index >= 15 is 0 Å². The fraction of sp³-hybridized carbons (Fsp3) is 0.267. The number of rotatable bonds is 5. The lowest BCUT2D eigenvalue weighted by atomic mass is 10.0. The van der Waals surface area contributed by atoms with E-state index in [1.807, 2.05) is 49.5 Å². The zero-order valence-electron chi connectivity index (χ0n) is 10.5. The van der Waals surface area contributed by atoms with Gasteiger partial charge >= 0.3 is 0 Å². The van der Waals surface area contributed by atoms with Crippen molar-refractivity contribution in [2.45, 2.75) is 19.4 Å². The quantitative estimate of drug-likeness (QED) is 0.877. The van der Waals surface area contributed by atoms with Gasteiger partial charge < -0.3 is 10.5 Å². The van der Waals surface area contributed by atoms with Gasteiger partial charge in [0, 0.05) is 12.2 Å². The van der Waals surface area contributed by atoms with Crippen molar-refractivity contribution in [2.75, 3.05) is 6.61 Å². The number of nitrogens with zero attached hydrogens (tertiary/aromatic N) is 1. The lowest BCUT2D eigenvalue weighted by Gasteiger charge is -2.12. The normalized spacial score (nSPS) is 12.1. The molecule has 1 unspecified atom stereocenters. The molecule has 0 spiro atoms. The van der Waals surface area contributed by atoms with Crippen LogP contribution < -0.4 is 10.5 Å². The van der Waals surface area contributed by atoms with Crippen molar-refractivity contribution in [2.24, 2.45) is 5.73 Å². The molecule has 94 valence electrons. The first kappa shape index (κ1) is 12.6. The third-order valence-electron chi connectivity index (χ3n) is 2.76. The summed E-state index contributed by atoms with van der Waals surface area (Å²) in [6, 6.07) is 12.1. The Morgan fingerprint density at radius 2 is 2.00 bits per heavy atom. The van der Waals surface area contributed by atoms with Crippen molar-refractivity contribution < 1.29 is 4.74 Å². The molecule has 1 aromatic heterocycles. The van der Waals surface area contributed by atoms with E-state index in [-0.39, 0.29) is 6.04 Å². The highest BCUT2D eigenvalue weighted by Crippen LogP contribution is 2.18. The predicted molar refractivity (Wildman–Crippen MR) is 72.5 cm³/mol. The summed E-state index contributed by atoms with van der Waals surface area (Å²) in [6.45, 7) is 2.61. The van der Waals surface area contributed by atoms with Crippen LogP contribution in [0.1, 0.15) is 24.1 Å². The summed E-state index contributed by atoms with van der Waals surface area (Å²) >= 11 is 0. The average molecular weight is 242 g/mol. The van der Waals surface area contributed by atoms with Gasteiger partial charge in [-0.25, -0.2) is 0 Å². The van der Waals surface area contributed by atoms with Crippen LogP contribution in [0.4, 0.5) is 0 Å². The molecule has 2 rings (SSSR count). The van der Waals surface area contributed by atoms with Crippen molar-refractivity contribution >= 4 is 0 Å². The van der Waals surface area contributed by atoms with Gasteiger partial charge in [0.1, 0.15) is 5.75 Å². The van der Waals surface area contributed by atoms with Crippen molar-refractivity contribution in [1.29, 1.82) is 0 Å². The van der Waals surface area contributed by atoms with Gasteiger partial charge in [0.25, 0.3) is 0 Å². The molecule has 3 heteroatoms. The van der Waals surface area contributed by atoms with E-state index in [0.717, 1.165) is 23.3 Å². The third kappa shape index (κ3) is 3.31. The van der Waals surface area contributed by atoms with Crippen LogP contribution in [0, 0.1) is 0 Å². The van der Waals surface area contributed by atoms with Crippen molar-refractivity contribution in [3.05, 3.63) is 59.9 Å². The van der Waals surface area contributed by atoms with E-state index in [0.29, 0.717) is 6.61 Å². The highest BCUT2D eigenvalue weighted by atomic mass is 16.5. The number of nitrogens with two attached hydrogens (primary N) is 1. The third-order valence-corrected chi connectivity index (χ3v) is 2.76. The Labute approximate surface area is 108 Å². The zero-order chi connectivity index (χ0) is 12.8. The molecule has 18 heavy (non-hydrogen) atoms.